The van der Waals surface area contributed by atoms with Gasteiger partial charge in [-0.15, -0.1) is 11.3 Å². The number of carbonyl (C=O) groups is 1. The molecule has 3 aromatic rings. The van der Waals surface area contributed by atoms with E-state index in [4.69, 9.17) is 14.2 Å². The van der Waals surface area contributed by atoms with Crippen LogP contribution in [-0.2, 0) is 22.5 Å². The SMILES string of the molecule is CCOCCn1c(=NC(=O)Cc2cccs2)sc2cc(OC)c(OC)cc21. The van der Waals surface area contributed by atoms with Crippen LogP contribution in [0.2, 0.25) is 0 Å². The molecule has 0 atom stereocenters. The van der Waals surface area contributed by atoms with Crippen molar-refractivity contribution in [3.8, 4) is 11.5 Å². The standard InChI is InChI=1S/C19H22N2O4S2/c1-4-25-8-7-21-14-11-15(23-2)16(24-3)12-17(14)27-19(21)20-18(22)10-13-6-5-9-26-13/h5-6,9,11-12H,4,7-8,10H2,1-3H3. The number of nitrogens with zero attached hydrogens (tertiary/aromatic N) is 2. The molecule has 8 heteroatoms. The van der Waals surface area contributed by atoms with Crippen LogP contribution in [0.3, 0.4) is 0 Å². The van der Waals surface area contributed by atoms with Gasteiger partial charge < -0.3 is 18.8 Å². The van der Waals surface area contributed by atoms with Crippen LogP contribution in [0.1, 0.15) is 11.8 Å². The monoisotopic (exact) mass is 406 g/mol. The quantitative estimate of drug-likeness (QED) is 0.537. The Balaban J connectivity index is 2.04. The van der Waals surface area contributed by atoms with Gasteiger partial charge in [0.25, 0.3) is 5.91 Å². The molecular weight excluding hydrogens is 384 g/mol. The zero-order chi connectivity index (χ0) is 19.2. The maximum absolute atomic E-state index is 12.4. The van der Waals surface area contributed by atoms with Crippen LogP contribution in [-0.4, -0.2) is 37.9 Å². The molecule has 0 spiro atoms. The molecular formula is C19H22N2O4S2. The summed E-state index contributed by atoms with van der Waals surface area (Å²) in [5.41, 5.74) is 0.944. The number of hydrogen-bond acceptors (Lipinski definition) is 6. The summed E-state index contributed by atoms with van der Waals surface area (Å²) in [6.45, 7) is 3.75. The molecule has 2 heterocycles. The second-order valence-electron chi connectivity index (χ2n) is 5.67. The van der Waals surface area contributed by atoms with E-state index in [0.29, 0.717) is 42.5 Å². The normalized spacial score (nSPS) is 11.9. The lowest BCUT2D eigenvalue weighted by atomic mass is 10.3. The van der Waals surface area contributed by atoms with Crippen molar-refractivity contribution in [3.05, 3.63) is 39.3 Å². The lowest BCUT2D eigenvalue weighted by Crippen LogP contribution is -2.20. The van der Waals surface area contributed by atoms with Gasteiger partial charge in [-0.1, -0.05) is 17.4 Å². The summed E-state index contributed by atoms with van der Waals surface area (Å²) >= 11 is 3.02. The van der Waals surface area contributed by atoms with E-state index >= 15 is 0 Å². The Kier molecular flexibility index (Phi) is 6.65. The summed E-state index contributed by atoms with van der Waals surface area (Å²) in [5.74, 6) is 1.14. The highest BCUT2D eigenvalue weighted by Crippen LogP contribution is 2.33. The first-order chi connectivity index (χ1) is 13.2. The summed E-state index contributed by atoms with van der Waals surface area (Å²) in [7, 11) is 3.21. The highest BCUT2D eigenvalue weighted by molar-refractivity contribution is 7.16. The van der Waals surface area contributed by atoms with Gasteiger partial charge in [0.15, 0.2) is 16.3 Å². The molecule has 1 aromatic carbocycles. The molecule has 0 unspecified atom stereocenters. The molecule has 2 aromatic heterocycles. The van der Waals surface area contributed by atoms with Crippen LogP contribution >= 0.6 is 22.7 Å². The second-order valence-corrected chi connectivity index (χ2v) is 7.71. The van der Waals surface area contributed by atoms with Gasteiger partial charge in [0, 0.05) is 30.2 Å². The van der Waals surface area contributed by atoms with Crippen molar-refractivity contribution < 1.29 is 19.0 Å². The third-order valence-corrected chi connectivity index (χ3v) is 5.89. The van der Waals surface area contributed by atoms with E-state index < -0.39 is 0 Å². The fourth-order valence-corrected chi connectivity index (χ4v) is 4.49. The molecule has 0 aliphatic carbocycles. The number of ether oxygens (including phenoxy) is 3. The predicted octanol–water partition coefficient (Wildman–Crippen LogP) is 3.49. The zero-order valence-electron chi connectivity index (χ0n) is 15.6. The van der Waals surface area contributed by atoms with Crippen molar-refractivity contribution in [2.75, 3.05) is 27.4 Å². The van der Waals surface area contributed by atoms with Gasteiger partial charge in [-0.2, -0.15) is 4.99 Å². The fraction of sp³-hybridized carbons (Fsp3) is 0.368. The van der Waals surface area contributed by atoms with E-state index in [1.165, 1.54) is 11.3 Å². The first kappa shape index (κ1) is 19.6. The fourth-order valence-electron chi connectivity index (χ4n) is 2.71. The van der Waals surface area contributed by atoms with E-state index in [2.05, 4.69) is 4.99 Å². The van der Waals surface area contributed by atoms with Crippen LogP contribution in [0.15, 0.2) is 34.6 Å². The number of benzene rings is 1. The average molecular weight is 407 g/mol. The maximum atomic E-state index is 12.4. The van der Waals surface area contributed by atoms with E-state index in [0.717, 1.165) is 15.1 Å². The molecule has 6 nitrogen and oxygen atoms in total. The van der Waals surface area contributed by atoms with Crippen LogP contribution in [0.4, 0.5) is 0 Å². The number of fused-ring (bicyclic) bond motifs is 1. The number of hydrogen-bond donors (Lipinski definition) is 0. The molecule has 0 fully saturated rings. The predicted molar refractivity (Wildman–Crippen MR) is 108 cm³/mol. The topological polar surface area (TPSA) is 62.1 Å². The van der Waals surface area contributed by atoms with Gasteiger partial charge in [0.05, 0.1) is 37.5 Å². The summed E-state index contributed by atoms with van der Waals surface area (Å²) in [5, 5.41) is 1.96. The maximum Gasteiger partial charge on any atom is 0.253 e. The first-order valence-corrected chi connectivity index (χ1v) is 10.3. The number of thiazole rings is 1. The number of methoxy groups -OCH3 is 2. The minimum atomic E-state index is -0.159. The van der Waals surface area contributed by atoms with Crippen molar-refractivity contribution in [3.63, 3.8) is 0 Å². The van der Waals surface area contributed by atoms with E-state index in [9.17, 15) is 4.79 Å². The van der Waals surface area contributed by atoms with Gasteiger partial charge in [-0.05, 0) is 18.4 Å². The average Bonchev–Trinajstić information content (AvgIpc) is 3.28. The summed E-state index contributed by atoms with van der Waals surface area (Å²) in [6, 6.07) is 7.72. The van der Waals surface area contributed by atoms with Gasteiger partial charge in [0.2, 0.25) is 0 Å². The molecule has 0 N–H and O–H groups in total. The van der Waals surface area contributed by atoms with E-state index in [-0.39, 0.29) is 5.91 Å². The number of thiophene rings is 1. The van der Waals surface area contributed by atoms with Crippen molar-refractivity contribution in [2.45, 2.75) is 19.9 Å². The molecule has 144 valence electrons. The minimum absolute atomic E-state index is 0.159. The Morgan fingerprint density at radius 2 is 2.00 bits per heavy atom. The van der Waals surface area contributed by atoms with Crippen LogP contribution in [0.5, 0.6) is 11.5 Å². The molecule has 0 aliphatic heterocycles. The molecule has 0 radical (unpaired) electrons. The Labute approximate surface area is 165 Å². The summed E-state index contributed by atoms with van der Waals surface area (Å²) in [6.07, 6.45) is 0.310. The third kappa shape index (κ3) is 4.58. The van der Waals surface area contributed by atoms with Gasteiger partial charge in [0.1, 0.15) is 0 Å². The molecule has 0 aliphatic rings. The van der Waals surface area contributed by atoms with Crippen molar-refractivity contribution in [1.82, 2.24) is 4.57 Å². The molecule has 27 heavy (non-hydrogen) atoms. The van der Waals surface area contributed by atoms with Crippen molar-refractivity contribution in [1.29, 1.82) is 0 Å². The smallest absolute Gasteiger partial charge is 0.253 e. The molecule has 0 bridgehead atoms. The second kappa shape index (κ2) is 9.16. The summed E-state index contributed by atoms with van der Waals surface area (Å²) in [4.78, 5) is 18.5. The van der Waals surface area contributed by atoms with Crippen LogP contribution in [0, 0.1) is 0 Å². The molecule has 3 rings (SSSR count). The number of carbonyl (C=O) groups excluding carboxylic acids is 1. The summed E-state index contributed by atoms with van der Waals surface area (Å²) < 4.78 is 19.3. The lowest BCUT2D eigenvalue weighted by molar-refractivity contribution is -0.117. The van der Waals surface area contributed by atoms with Gasteiger partial charge in [-0.25, -0.2) is 0 Å². The van der Waals surface area contributed by atoms with Crippen molar-refractivity contribution in [2.24, 2.45) is 4.99 Å². The number of amides is 1. The Morgan fingerprint density at radius 3 is 2.67 bits per heavy atom. The third-order valence-electron chi connectivity index (χ3n) is 3.98. The van der Waals surface area contributed by atoms with Crippen LogP contribution in [0.25, 0.3) is 10.2 Å². The Hall–Kier alpha value is -2.16. The highest BCUT2D eigenvalue weighted by Gasteiger charge is 2.13. The Morgan fingerprint density at radius 1 is 1.22 bits per heavy atom. The Bertz CT molecular complexity index is 974. The van der Waals surface area contributed by atoms with Crippen LogP contribution < -0.4 is 14.3 Å². The van der Waals surface area contributed by atoms with E-state index in [1.54, 1.807) is 25.6 Å². The largest absolute Gasteiger partial charge is 0.493 e. The van der Waals surface area contributed by atoms with E-state index in [1.807, 2.05) is 41.1 Å². The highest BCUT2D eigenvalue weighted by atomic mass is 32.1. The van der Waals surface area contributed by atoms with Crippen molar-refractivity contribution >= 4 is 38.8 Å². The minimum Gasteiger partial charge on any atom is -0.493 e. The molecule has 1 amide bonds. The number of aromatic nitrogens is 1. The zero-order valence-corrected chi connectivity index (χ0v) is 17.2. The molecule has 0 saturated carbocycles. The van der Waals surface area contributed by atoms with Gasteiger partial charge in [-0.3, -0.25) is 4.79 Å². The first-order valence-electron chi connectivity index (χ1n) is 8.59. The number of rotatable bonds is 8. The molecule has 0 saturated heterocycles. The lowest BCUT2D eigenvalue weighted by Gasteiger charge is -2.09. The van der Waals surface area contributed by atoms with Gasteiger partial charge >= 0.3 is 0 Å².